The van der Waals surface area contributed by atoms with Gasteiger partial charge in [-0.1, -0.05) is 53.5 Å². The van der Waals surface area contributed by atoms with E-state index in [2.05, 4.69) is 20.9 Å². The molecule has 4 amide bonds. The molecule has 0 aliphatic rings. The number of rotatable bonds is 11. The number of benzene rings is 3. The number of para-hydroxylation sites is 1. The minimum Gasteiger partial charge on any atom is -0.487 e. The number of halogens is 2. The van der Waals surface area contributed by atoms with Crippen LogP contribution in [-0.2, 0) is 25.8 Å². The first kappa shape index (κ1) is 33.0. The lowest BCUT2D eigenvalue weighted by Crippen LogP contribution is -2.37. The second-order valence-electron chi connectivity index (χ2n) is 10.0. The van der Waals surface area contributed by atoms with Crippen LogP contribution in [-0.4, -0.2) is 48.7 Å². The van der Waals surface area contributed by atoms with Gasteiger partial charge in [0.05, 0.1) is 23.8 Å². The minimum absolute atomic E-state index is 0.0498. The summed E-state index contributed by atoms with van der Waals surface area (Å²) in [4.78, 5) is 54.0. The molecule has 0 radical (unpaired) electrons. The van der Waals surface area contributed by atoms with Gasteiger partial charge >= 0.3 is 0 Å². The maximum atomic E-state index is 12.9. The third-order valence-electron chi connectivity index (χ3n) is 6.63. The van der Waals surface area contributed by atoms with Gasteiger partial charge in [-0.2, -0.15) is 0 Å². The van der Waals surface area contributed by atoms with Gasteiger partial charge in [-0.25, -0.2) is 4.98 Å². The number of anilines is 2. The van der Waals surface area contributed by atoms with Crippen molar-refractivity contribution in [2.45, 2.75) is 20.5 Å². The van der Waals surface area contributed by atoms with Gasteiger partial charge in [0.25, 0.3) is 0 Å². The number of hydrogen-bond acceptors (Lipinski definition) is 6. The maximum Gasteiger partial charge on any atom is 0.246 e. The van der Waals surface area contributed by atoms with Gasteiger partial charge in [0.15, 0.2) is 0 Å². The molecule has 0 bridgehead atoms. The molecule has 0 aliphatic carbocycles. The number of aryl methyl sites for hydroxylation is 1. The molecule has 232 valence electrons. The Hall–Kier alpha value is -4.93. The summed E-state index contributed by atoms with van der Waals surface area (Å²) in [5, 5.41) is 9.21. The molecule has 10 nitrogen and oxygen atoms in total. The number of ether oxygens (including phenoxy) is 1. The number of carbonyl (C=O) groups is 4. The van der Waals surface area contributed by atoms with Crippen molar-refractivity contribution in [1.82, 2.24) is 15.6 Å². The van der Waals surface area contributed by atoms with Crippen molar-refractivity contribution >= 4 is 75.2 Å². The number of amides is 4. The van der Waals surface area contributed by atoms with E-state index in [9.17, 15) is 19.2 Å². The Kier molecular flexibility index (Phi) is 11.1. The molecule has 0 fully saturated rings. The Morgan fingerprint density at radius 1 is 0.933 bits per heavy atom. The summed E-state index contributed by atoms with van der Waals surface area (Å²) in [5.41, 5.74) is 3.73. The van der Waals surface area contributed by atoms with Crippen LogP contribution in [0.1, 0.15) is 23.7 Å². The van der Waals surface area contributed by atoms with Crippen molar-refractivity contribution in [3.05, 3.63) is 99.7 Å². The SMILES string of the molecule is CC(=O)NCC(=O)Nc1ccc(/C=C/C(=O)NCC(=O)N(C)c2ccc(Cl)c(COc3cccc4ccc(C)nc34)c2Cl)cc1. The summed E-state index contributed by atoms with van der Waals surface area (Å²) < 4.78 is 6.07. The van der Waals surface area contributed by atoms with Crippen LogP contribution in [0.25, 0.3) is 17.0 Å². The molecule has 0 saturated carbocycles. The van der Waals surface area contributed by atoms with E-state index in [1.165, 1.54) is 17.9 Å². The highest BCUT2D eigenvalue weighted by atomic mass is 35.5. The Bertz CT molecular complexity index is 1780. The van der Waals surface area contributed by atoms with Crippen LogP contribution in [0.3, 0.4) is 0 Å². The normalized spacial score (nSPS) is 10.9. The monoisotopic (exact) mass is 647 g/mol. The molecule has 1 aromatic heterocycles. The Morgan fingerprint density at radius 3 is 2.42 bits per heavy atom. The summed E-state index contributed by atoms with van der Waals surface area (Å²) in [5.74, 6) is -0.955. The van der Waals surface area contributed by atoms with Gasteiger partial charge in [0.1, 0.15) is 17.9 Å². The summed E-state index contributed by atoms with van der Waals surface area (Å²) in [7, 11) is 1.55. The molecule has 12 heteroatoms. The molecule has 4 rings (SSSR count). The number of nitrogens with one attached hydrogen (secondary N) is 3. The first-order chi connectivity index (χ1) is 21.5. The molecule has 0 unspecified atom stereocenters. The number of aromatic nitrogens is 1. The molecule has 3 N–H and O–H groups in total. The Labute approximate surface area is 270 Å². The highest BCUT2D eigenvalue weighted by molar-refractivity contribution is 6.38. The van der Waals surface area contributed by atoms with Crippen LogP contribution < -0.4 is 25.6 Å². The zero-order valence-corrected chi connectivity index (χ0v) is 26.3. The smallest absolute Gasteiger partial charge is 0.246 e. The number of fused-ring (bicyclic) bond motifs is 1. The third-order valence-corrected chi connectivity index (χ3v) is 7.40. The summed E-state index contributed by atoms with van der Waals surface area (Å²) in [6, 6.07) is 19.5. The van der Waals surface area contributed by atoms with Crippen LogP contribution >= 0.6 is 23.2 Å². The highest BCUT2D eigenvalue weighted by Crippen LogP contribution is 2.35. The predicted octanol–water partition coefficient (Wildman–Crippen LogP) is 5.30. The molecule has 0 atom stereocenters. The first-order valence-electron chi connectivity index (χ1n) is 13.8. The Morgan fingerprint density at radius 2 is 1.69 bits per heavy atom. The number of pyridine rings is 1. The van der Waals surface area contributed by atoms with E-state index in [4.69, 9.17) is 27.9 Å². The van der Waals surface area contributed by atoms with Crippen LogP contribution in [0.5, 0.6) is 5.75 Å². The van der Waals surface area contributed by atoms with Gasteiger partial charge in [-0.05, 0) is 55.0 Å². The molecule has 3 aromatic carbocycles. The lowest BCUT2D eigenvalue weighted by molar-refractivity contribution is -0.122. The van der Waals surface area contributed by atoms with E-state index in [0.29, 0.717) is 33.3 Å². The van der Waals surface area contributed by atoms with E-state index in [1.807, 2.05) is 37.3 Å². The molecule has 0 saturated heterocycles. The number of likely N-dealkylation sites (N-methyl/N-ethyl adjacent to an activating group) is 1. The van der Waals surface area contributed by atoms with Crippen molar-refractivity contribution < 1.29 is 23.9 Å². The first-order valence-corrected chi connectivity index (χ1v) is 14.6. The van der Waals surface area contributed by atoms with Gasteiger partial charge in [0, 0.05) is 47.4 Å². The fourth-order valence-corrected chi connectivity index (χ4v) is 4.80. The fourth-order valence-electron chi connectivity index (χ4n) is 4.19. The fraction of sp³-hybridized carbons (Fsp3) is 0.182. The van der Waals surface area contributed by atoms with Crippen molar-refractivity contribution in [1.29, 1.82) is 0 Å². The van der Waals surface area contributed by atoms with E-state index in [1.54, 1.807) is 49.5 Å². The number of nitrogens with zero attached hydrogens (tertiary/aromatic N) is 2. The quantitative estimate of drug-likeness (QED) is 0.190. The van der Waals surface area contributed by atoms with E-state index >= 15 is 0 Å². The molecule has 0 aliphatic heterocycles. The second kappa shape index (κ2) is 15.2. The van der Waals surface area contributed by atoms with Gasteiger partial charge < -0.3 is 25.6 Å². The molecular weight excluding hydrogens is 617 g/mol. The van der Waals surface area contributed by atoms with E-state index in [0.717, 1.165) is 16.6 Å². The van der Waals surface area contributed by atoms with Gasteiger partial charge in [-0.15, -0.1) is 0 Å². The molecular formula is C33H31Cl2N5O5. The third kappa shape index (κ3) is 9.04. The van der Waals surface area contributed by atoms with Gasteiger partial charge in [-0.3, -0.25) is 19.2 Å². The van der Waals surface area contributed by atoms with Crippen LogP contribution in [0.2, 0.25) is 10.0 Å². The molecule has 0 spiro atoms. The second-order valence-corrected chi connectivity index (χ2v) is 10.8. The zero-order valence-electron chi connectivity index (χ0n) is 24.8. The maximum absolute atomic E-state index is 12.9. The van der Waals surface area contributed by atoms with Crippen molar-refractivity contribution in [2.75, 3.05) is 30.4 Å². The number of hydrogen-bond donors (Lipinski definition) is 3. The summed E-state index contributed by atoms with van der Waals surface area (Å²) >= 11 is 13.2. The predicted molar refractivity (Wildman–Crippen MR) is 176 cm³/mol. The minimum atomic E-state index is -0.473. The summed E-state index contributed by atoms with van der Waals surface area (Å²) in [6.45, 7) is 2.88. The van der Waals surface area contributed by atoms with Crippen molar-refractivity contribution in [3.63, 3.8) is 0 Å². The average molecular weight is 649 g/mol. The van der Waals surface area contributed by atoms with Crippen LogP contribution in [0, 0.1) is 6.92 Å². The zero-order chi connectivity index (χ0) is 32.5. The molecule has 1 heterocycles. The van der Waals surface area contributed by atoms with Gasteiger partial charge in [0.2, 0.25) is 23.6 Å². The van der Waals surface area contributed by atoms with E-state index in [-0.39, 0.29) is 36.5 Å². The number of carbonyl (C=O) groups excluding carboxylic acids is 4. The standard InChI is InChI=1S/C33H31Cl2N5O5/c1-20-7-11-23-5-4-6-28(33(23)38-20)45-19-25-26(34)14-15-27(32(25)35)40(3)31(44)18-37-29(42)16-10-22-8-12-24(13-9-22)39-30(43)17-36-21(2)41/h4-16H,17-19H2,1-3H3,(H,36,41)(H,37,42)(H,39,43)/b16-10+. The largest absolute Gasteiger partial charge is 0.487 e. The molecule has 4 aromatic rings. The molecule has 45 heavy (non-hydrogen) atoms. The average Bonchev–Trinajstić information content (AvgIpc) is 3.02. The Balaban J connectivity index is 1.33. The topological polar surface area (TPSA) is 130 Å². The van der Waals surface area contributed by atoms with E-state index < -0.39 is 11.8 Å². The summed E-state index contributed by atoms with van der Waals surface area (Å²) in [6.07, 6.45) is 2.87. The van der Waals surface area contributed by atoms with Crippen molar-refractivity contribution in [2.24, 2.45) is 0 Å². The van der Waals surface area contributed by atoms with Crippen LogP contribution in [0.4, 0.5) is 11.4 Å². The van der Waals surface area contributed by atoms with Crippen LogP contribution in [0.15, 0.2) is 72.8 Å². The lowest BCUT2D eigenvalue weighted by Gasteiger charge is -2.21. The lowest BCUT2D eigenvalue weighted by atomic mass is 10.1. The van der Waals surface area contributed by atoms with Crippen molar-refractivity contribution in [3.8, 4) is 5.75 Å². The highest BCUT2D eigenvalue weighted by Gasteiger charge is 2.19.